The van der Waals surface area contributed by atoms with E-state index in [4.69, 9.17) is 16.0 Å². The van der Waals surface area contributed by atoms with E-state index in [1.54, 1.807) is 12.1 Å². The lowest BCUT2D eigenvalue weighted by atomic mass is 10.1. The van der Waals surface area contributed by atoms with Crippen LogP contribution in [0.1, 0.15) is 21.7 Å². The van der Waals surface area contributed by atoms with Gasteiger partial charge >= 0.3 is 0 Å². The summed E-state index contributed by atoms with van der Waals surface area (Å²) in [6, 6.07) is 13.7. The standard InChI is InChI=1S/C18H14ClNO3/c1-11-2-4-12(5-3-11)10-20-18(22)17-9-15(21)14-8-13(19)6-7-16(14)23-17/h2-9H,10H2,1H3,(H,20,22). The Morgan fingerprint density at radius 1 is 1.13 bits per heavy atom. The van der Waals surface area contributed by atoms with E-state index in [-0.39, 0.29) is 11.2 Å². The molecule has 0 atom stereocenters. The summed E-state index contributed by atoms with van der Waals surface area (Å²) in [5.41, 5.74) is 2.16. The van der Waals surface area contributed by atoms with Gasteiger partial charge in [-0.2, -0.15) is 0 Å². The van der Waals surface area contributed by atoms with Crippen LogP contribution in [0.3, 0.4) is 0 Å². The van der Waals surface area contributed by atoms with E-state index in [1.807, 2.05) is 31.2 Å². The molecule has 1 amide bonds. The summed E-state index contributed by atoms with van der Waals surface area (Å²) >= 11 is 5.86. The van der Waals surface area contributed by atoms with Gasteiger partial charge in [-0.15, -0.1) is 0 Å². The first-order chi connectivity index (χ1) is 11.0. The average Bonchev–Trinajstić information content (AvgIpc) is 2.54. The van der Waals surface area contributed by atoms with Crippen molar-refractivity contribution in [3.63, 3.8) is 0 Å². The number of halogens is 1. The quantitative estimate of drug-likeness (QED) is 0.798. The number of carbonyl (C=O) groups is 1. The molecule has 5 heteroatoms. The molecule has 4 nitrogen and oxygen atoms in total. The molecular formula is C18H14ClNO3. The molecule has 0 saturated heterocycles. The monoisotopic (exact) mass is 327 g/mol. The summed E-state index contributed by atoms with van der Waals surface area (Å²) < 4.78 is 5.50. The minimum atomic E-state index is -0.431. The van der Waals surface area contributed by atoms with E-state index in [1.165, 1.54) is 12.1 Å². The van der Waals surface area contributed by atoms with E-state index in [9.17, 15) is 9.59 Å². The van der Waals surface area contributed by atoms with Crippen molar-refractivity contribution in [1.82, 2.24) is 5.32 Å². The van der Waals surface area contributed by atoms with Gasteiger partial charge in [0.05, 0.1) is 5.39 Å². The van der Waals surface area contributed by atoms with Gasteiger partial charge in [0.25, 0.3) is 5.91 Å². The molecule has 0 spiro atoms. The third-order valence-electron chi connectivity index (χ3n) is 3.49. The number of fused-ring (bicyclic) bond motifs is 1. The minimum absolute atomic E-state index is 0.0167. The first-order valence-electron chi connectivity index (χ1n) is 7.10. The second-order valence-corrected chi connectivity index (χ2v) is 5.72. The predicted molar refractivity (Wildman–Crippen MR) is 89.8 cm³/mol. The zero-order chi connectivity index (χ0) is 16.4. The zero-order valence-corrected chi connectivity index (χ0v) is 13.2. The largest absolute Gasteiger partial charge is 0.451 e. The number of carbonyl (C=O) groups excluding carboxylic acids is 1. The molecule has 0 saturated carbocycles. The Hall–Kier alpha value is -2.59. The summed E-state index contributed by atoms with van der Waals surface area (Å²) in [7, 11) is 0. The van der Waals surface area contributed by atoms with Crippen LogP contribution in [-0.2, 0) is 6.54 Å². The average molecular weight is 328 g/mol. The van der Waals surface area contributed by atoms with E-state index in [0.29, 0.717) is 22.5 Å². The lowest BCUT2D eigenvalue weighted by Gasteiger charge is -2.06. The van der Waals surface area contributed by atoms with Crippen LogP contribution in [0.2, 0.25) is 5.02 Å². The van der Waals surface area contributed by atoms with Crippen LogP contribution in [0, 0.1) is 6.92 Å². The predicted octanol–water partition coefficient (Wildman–Crippen LogP) is 3.68. The lowest BCUT2D eigenvalue weighted by molar-refractivity contribution is 0.0923. The van der Waals surface area contributed by atoms with Crippen LogP contribution in [0.15, 0.2) is 57.7 Å². The molecule has 0 aliphatic rings. The van der Waals surface area contributed by atoms with Gasteiger partial charge in [-0.05, 0) is 30.7 Å². The minimum Gasteiger partial charge on any atom is -0.451 e. The molecule has 3 rings (SSSR count). The van der Waals surface area contributed by atoms with E-state index < -0.39 is 5.91 Å². The second kappa shape index (κ2) is 6.26. The summed E-state index contributed by atoms with van der Waals surface area (Å²) in [5, 5.41) is 3.54. The normalized spacial score (nSPS) is 10.7. The number of aryl methyl sites for hydroxylation is 1. The van der Waals surface area contributed by atoms with Gasteiger partial charge in [0, 0.05) is 17.6 Å². The fraction of sp³-hybridized carbons (Fsp3) is 0.111. The smallest absolute Gasteiger partial charge is 0.287 e. The SMILES string of the molecule is Cc1ccc(CNC(=O)c2cc(=O)c3cc(Cl)ccc3o2)cc1. The number of amides is 1. The van der Waals surface area contributed by atoms with Crippen molar-refractivity contribution in [1.29, 1.82) is 0 Å². The van der Waals surface area contributed by atoms with E-state index in [2.05, 4.69) is 5.32 Å². The number of rotatable bonds is 3. The van der Waals surface area contributed by atoms with Gasteiger partial charge in [-0.3, -0.25) is 9.59 Å². The van der Waals surface area contributed by atoms with Crippen LogP contribution in [0.5, 0.6) is 0 Å². The summed E-state index contributed by atoms with van der Waals surface area (Å²) in [6.07, 6.45) is 0. The Kier molecular flexibility index (Phi) is 4.17. The lowest BCUT2D eigenvalue weighted by Crippen LogP contribution is -2.24. The number of hydrogen-bond donors (Lipinski definition) is 1. The highest BCUT2D eigenvalue weighted by atomic mass is 35.5. The van der Waals surface area contributed by atoms with Gasteiger partial charge < -0.3 is 9.73 Å². The molecule has 0 fully saturated rings. The fourth-order valence-electron chi connectivity index (χ4n) is 2.22. The molecule has 1 N–H and O–H groups in total. The molecule has 0 aliphatic carbocycles. The second-order valence-electron chi connectivity index (χ2n) is 5.28. The highest BCUT2D eigenvalue weighted by molar-refractivity contribution is 6.31. The van der Waals surface area contributed by atoms with Crippen LogP contribution in [0.4, 0.5) is 0 Å². The Morgan fingerprint density at radius 3 is 2.61 bits per heavy atom. The maximum Gasteiger partial charge on any atom is 0.287 e. The molecule has 1 heterocycles. The van der Waals surface area contributed by atoms with E-state index in [0.717, 1.165) is 11.1 Å². The molecular weight excluding hydrogens is 314 g/mol. The van der Waals surface area contributed by atoms with Gasteiger partial charge in [0.1, 0.15) is 5.58 Å². The van der Waals surface area contributed by atoms with Crippen LogP contribution < -0.4 is 10.7 Å². The summed E-state index contributed by atoms with van der Waals surface area (Å²) in [5.74, 6) is -0.448. The molecule has 2 aromatic carbocycles. The van der Waals surface area contributed by atoms with Gasteiger partial charge in [0.2, 0.25) is 0 Å². The third-order valence-corrected chi connectivity index (χ3v) is 3.72. The molecule has 23 heavy (non-hydrogen) atoms. The fourth-order valence-corrected chi connectivity index (χ4v) is 2.39. The molecule has 1 aromatic heterocycles. The molecule has 3 aromatic rings. The van der Waals surface area contributed by atoms with Gasteiger partial charge in [-0.25, -0.2) is 0 Å². The Labute approximate surface area is 137 Å². The van der Waals surface area contributed by atoms with Crippen molar-refractivity contribution in [2.75, 3.05) is 0 Å². The van der Waals surface area contributed by atoms with Crippen molar-refractivity contribution in [3.05, 3.63) is 80.7 Å². The number of hydrogen-bond acceptors (Lipinski definition) is 3. The summed E-state index contributed by atoms with van der Waals surface area (Å²) in [4.78, 5) is 24.2. The van der Waals surface area contributed by atoms with Crippen molar-refractivity contribution < 1.29 is 9.21 Å². The molecule has 116 valence electrons. The van der Waals surface area contributed by atoms with Crippen molar-refractivity contribution in [3.8, 4) is 0 Å². The number of nitrogens with one attached hydrogen (secondary N) is 1. The van der Waals surface area contributed by atoms with Crippen LogP contribution in [-0.4, -0.2) is 5.91 Å². The maximum atomic E-state index is 12.2. The van der Waals surface area contributed by atoms with Crippen molar-refractivity contribution in [2.45, 2.75) is 13.5 Å². The van der Waals surface area contributed by atoms with Crippen LogP contribution in [0.25, 0.3) is 11.0 Å². The van der Waals surface area contributed by atoms with Crippen molar-refractivity contribution in [2.24, 2.45) is 0 Å². The van der Waals surface area contributed by atoms with E-state index >= 15 is 0 Å². The molecule has 0 radical (unpaired) electrons. The summed E-state index contributed by atoms with van der Waals surface area (Å²) in [6.45, 7) is 2.36. The van der Waals surface area contributed by atoms with Gasteiger partial charge in [0.15, 0.2) is 11.2 Å². The first-order valence-corrected chi connectivity index (χ1v) is 7.48. The maximum absolute atomic E-state index is 12.2. The molecule has 0 bridgehead atoms. The Morgan fingerprint density at radius 2 is 1.87 bits per heavy atom. The highest BCUT2D eigenvalue weighted by Crippen LogP contribution is 2.17. The van der Waals surface area contributed by atoms with Crippen molar-refractivity contribution >= 4 is 28.5 Å². The molecule has 0 unspecified atom stereocenters. The number of benzene rings is 2. The third kappa shape index (κ3) is 3.43. The highest BCUT2D eigenvalue weighted by Gasteiger charge is 2.12. The zero-order valence-electron chi connectivity index (χ0n) is 12.4. The van der Waals surface area contributed by atoms with Crippen LogP contribution >= 0.6 is 11.6 Å². The van der Waals surface area contributed by atoms with Gasteiger partial charge in [-0.1, -0.05) is 41.4 Å². The topological polar surface area (TPSA) is 59.3 Å². The molecule has 0 aliphatic heterocycles. The Bertz CT molecular complexity index is 929. The Balaban J connectivity index is 1.82. The first kappa shape index (κ1) is 15.3.